The van der Waals surface area contributed by atoms with Crippen molar-refractivity contribution in [1.82, 2.24) is 4.98 Å². The highest BCUT2D eigenvalue weighted by Gasteiger charge is 2.03. The number of rotatable bonds is 0. The molecule has 0 aliphatic rings. The Morgan fingerprint density at radius 2 is 2.15 bits per heavy atom. The summed E-state index contributed by atoms with van der Waals surface area (Å²) in [5.74, 6) is -0.255. The van der Waals surface area contributed by atoms with E-state index in [9.17, 15) is 4.39 Å². The molecule has 2 aromatic rings. The van der Waals surface area contributed by atoms with Crippen LogP contribution in [0.2, 0.25) is 0 Å². The maximum atomic E-state index is 13.1. The molecule has 0 atom stereocenters. The zero-order valence-electron chi connectivity index (χ0n) is 7.01. The smallest absolute Gasteiger partial charge is 0.145 e. The molecule has 1 heterocycles. The molecule has 0 aliphatic heterocycles. The molecule has 3 heteroatoms. The van der Waals surface area contributed by atoms with Gasteiger partial charge in [0.05, 0.1) is 11.7 Å². The summed E-state index contributed by atoms with van der Waals surface area (Å²) in [6.45, 7) is 1.76. The van der Waals surface area contributed by atoms with Gasteiger partial charge in [0.25, 0.3) is 0 Å². The Balaban J connectivity index is 2.87. The van der Waals surface area contributed by atoms with E-state index in [1.165, 1.54) is 6.20 Å². The number of aromatic nitrogens is 1. The highest BCUT2D eigenvalue weighted by atomic mass is 79.9. The molecule has 0 aliphatic carbocycles. The van der Waals surface area contributed by atoms with E-state index >= 15 is 0 Å². The number of pyridine rings is 1. The maximum absolute atomic E-state index is 13.1. The first-order valence-corrected chi connectivity index (χ1v) is 4.68. The van der Waals surface area contributed by atoms with Crippen molar-refractivity contribution in [1.29, 1.82) is 0 Å². The number of aryl methyl sites for hydroxylation is 1. The first-order chi connectivity index (χ1) is 6.18. The molecule has 0 bridgehead atoms. The molecule has 2 rings (SSSR count). The Bertz CT molecular complexity index is 468. The summed E-state index contributed by atoms with van der Waals surface area (Å²) in [5.41, 5.74) is 1.46. The Morgan fingerprint density at radius 3 is 2.92 bits per heavy atom. The third-order valence-corrected chi connectivity index (χ3v) is 2.53. The second kappa shape index (κ2) is 3.07. The molecule has 0 saturated carbocycles. The maximum Gasteiger partial charge on any atom is 0.145 e. The molecule has 1 aromatic carbocycles. The molecule has 0 spiro atoms. The Morgan fingerprint density at radius 1 is 1.38 bits per heavy atom. The van der Waals surface area contributed by atoms with Crippen molar-refractivity contribution in [2.24, 2.45) is 0 Å². The van der Waals surface area contributed by atoms with Crippen molar-refractivity contribution >= 4 is 26.8 Å². The van der Waals surface area contributed by atoms with Crippen LogP contribution >= 0.6 is 15.9 Å². The molecular weight excluding hydrogens is 233 g/mol. The summed E-state index contributed by atoms with van der Waals surface area (Å²) in [7, 11) is 0. The number of hydrogen-bond acceptors (Lipinski definition) is 1. The highest BCUT2D eigenvalue weighted by Crippen LogP contribution is 2.22. The van der Waals surface area contributed by atoms with Gasteiger partial charge in [-0.25, -0.2) is 4.39 Å². The van der Waals surface area contributed by atoms with Gasteiger partial charge >= 0.3 is 0 Å². The van der Waals surface area contributed by atoms with Crippen molar-refractivity contribution in [3.63, 3.8) is 0 Å². The van der Waals surface area contributed by atoms with Gasteiger partial charge in [-0.15, -0.1) is 0 Å². The zero-order chi connectivity index (χ0) is 9.42. The van der Waals surface area contributed by atoms with Crippen LogP contribution in [-0.2, 0) is 0 Å². The fraction of sp³-hybridized carbons (Fsp3) is 0.100. The number of nitrogens with zero attached hydrogens (tertiary/aromatic N) is 1. The first-order valence-electron chi connectivity index (χ1n) is 3.89. The van der Waals surface area contributed by atoms with Gasteiger partial charge in [0, 0.05) is 9.86 Å². The van der Waals surface area contributed by atoms with Crippen molar-refractivity contribution < 1.29 is 4.39 Å². The lowest BCUT2D eigenvalue weighted by Gasteiger charge is -2.02. The number of fused-ring (bicyclic) bond motifs is 1. The average molecular weight is 240 g/mol. The van der Waals surface area contributed by atoms with Gasteiger partial charge in [0.15, 0.2) is 0 Å². The molecule has 1 nitrogen and oxygen atoms in total. The summed E-state index contributed by atoms with van der Waals surface area (Å²) in [4.78, 5) is 4.00. The van der Waals surface area contributed by atoms with E-state index in [4.69, 9.17) is 0 Å². The van der Waals surface area contributed by atoms with Crippen molar-refractivity contribution in [2.75, 3.05) is 0 Å². The van der Waals surface area contributed by atoms with Crippen LogP contribution in [-0.4, -0.2) is 4.98 Å². The lowest BCUT2D eigenvalue weighted by atomic mass is 10.1. The number of hydrogen-bond donors (Lipinski definition) is 0. The van der Waals surface area contributed by atoms with Crippen LogP contribution in [0.3, 0.4) is 0 Å². The predicted molar refractivity (Wildman–Crippen MR) is 54.1 cm³/mol. The van der Waals surface area contributed by atoms with Gasteiger partial charge in [-0.2, -0.15) is 0 Å². The molecule has 13 heavy (non-hydrogen) atoms. The van der Waals surface area contributed by atoms with E-state index < -0.39 is 0 Å². The quantitative estimate of drug-likeness (QED) is 0.687. The lowest BCUT2D eigenvalue weighted by Crippen LogP contribution is -1.87. The van der Waals surface area contributed by atoms with E-state index in [2.05, 4.69) is 20.9 Å². The van der Waals surface area contributed by atoms with E-state index in [0.717, 1.165) is 15.4 Å². The van der Waals surface area contributed by atoms with Gasteiger partial charge in [0.1, 0.15) is 5.82 Å². The van der Waals surface area contributed by atoms with Crippen LogP contribution in [0, 0.1) is 12.7 Å². The second-order valence-corrected chi connectivity index (χ2v) is 3.81. The van der Waals surface area contributed by atoms with Gasteiger partial charge in [0.2, 0.25) is 0 Å². The van der Waals surface area contributed by atoms with E-state index in [-0.39, 0.29) is 5.82 Å². The zero-order valence-corrected chi connectivity index (χ0v) is 8.60. The minimum Gasteiger partial charge on any atom is -0.253 e. The van der Waals surface area contributed by atoms with Crippen molar-refractivity contribution in [2.45, 2.75) is 6.92 Å². The van der Waals surface area contributed by atoms with Gasteiger partial charge < -0.3 is 0 Å². The summed E-state index contributed by atoms with van der Waals surface area (Å²) in [5, 5.41) is 0.864. The van der Waals surface area contributed by atoms with Gasteiger partial charge in [-0.05, 0) is 24.6 Å². The molecular formula is C10H7BrFN. The standard InChI is InChI=1S/C10H7BrFN/c1-6-8-3-2-7(11)4-10(8)13-5-9(6)12/h2-5H,1H3. The third kappa shape index (κ3) is 1.44. The molecule has 0 N–H and O–H groups in total. The fourth-order valence-corrected chi connectivity index (χ4v) is 1.63. The summed E-state index contributed by atoms with van der Waals surface area (Å²) in [6, 6.07) is 5.63. The lowest BCUT2D eigenvalue weighted by molar-refractivity contribution is 0.615. The Hall–Kier alpha value is -0.960. The average Bonchev–Trinajstić information content (AvgIpc) is 2.12. The molecule has 1 aromatic heterocycles. The molecule has 66 valence electrons. The second-order valence-electron chi connectivity index (χ2n) is 2.89. The van der Waals surface area contributed by atoms with E-state index in [1.807, 2.05) is 18.2 Å². The molecule has 0 saturated heterocycles. The van der Waals surface area contributed by atoms with E-state index in [1.54, 1.807) is 6.92 Å². The minimum absolute atomic E-state index is 0.255. The third-order valence-electron chi connectivity index (χ3n) is 2.04. The molecule has 0 radical (unpaired) electrons. The Labute approximate surface area is 83.7 Å². The van der Waals surface area contributed by atoms with Gasteiger partial charge in [-0.1, -0.05) is 22.0 Å². The monoisotopic (exact) mass is 239 g/mol. The Kier molecular flexibility index (Phi) is 2.04. The van der Waals surface area contributed by atoms with Gasteiger partial charge in [-0.3, -0.25) is 4.98 Å². The number of halogens is 2. The van der Waals surface area contributed by atoms with Crippen LogP contribution < -0.4 is 0 Å². The minimum atomic E-state index is -0.255. The highest BCUT2D eigenvalue weighted by molar-refractivity contribution is 9.10. The predicted octanol–water partition coefficient (Wildman–Crippen LogP) is 3.44. The van der Waals surface area contributed by atoms with E-state index in [0.29, 0.717) is 5.56 Å². The van der Waals surface area contributed by atoms with Crippen molar-refractivity contribution in [3.05, 3.63) is 40.2 Å². The summed E-state index contributed by atoms with van der Waals surface area (Å²) < 4.78 is 14.0. The van der Waals surface area contributed by atoms with Crippen LogP contribution in [0.25, 0.3) is 10.9 Å². The topological polar surface area (TPSA) is 12.9 Å². The first kappa shape index (κ1) is 8.63. The SMILES string of the molecule is Cc1c(F)cnc2cc(Br)ccc12. The van der Waals surface area contributed by atoms with Crippen LogP contribution in [0.1, 0.15) is 5.56 Å². The van der Waals surface area contributed by atoms with Crippen LogP contribution in [0.5, 0.6) is 0 Å². The largest absolute Gasteiger partial charge is 0.253 e. The normalized spacial score (nSPS) is 10.7. The molecule has 0 unspecified atom stereocenters. The summed E-state index contributed by atoms with van der Waals surface area (Å²) in [6.07, 6.45) is 1.25. The van der Waals surface area contributed by atoms with Crippen LogP contribution in [0.4, 0.5) is 4.39 Å². The molecule has 0 fully saturated rings. The summed E-state index contributed by atoms with van der Waals surface area (Å²) >= 11 is 3.34. The molecule has 0 amide bonds. The fourth-order valence-electron chi connectivity index (χ4n) is 1.28. The van der Waals surface area contributed by atoms with Crippen LogP contribution in [0.15, 0.2) is 28.9 Å². The van der Waals surface area contributed by atoms with Crippen molar-refractivity contribution in [3.8, 4) is 0 Å². The number of benzene rings is 1.